The maximum atomic E-state index is 12.9. The molecule has 160 valence electrons. The summed E-state index contributed by atoms with van der Waals surface area (Å²) in [6.07, 6.45) is 1.30. The predicted molar refractivity (Wildman–Crippen MR) is 117 cm³/mol. The monoisotopic (exact) mass is 419 g/mol. The van der Waals surface area contributed by atoms with Crippen LogP contribution < -0.4 is 10.5 Å². The van der Waals surface area contributed by atoms with Gasteiger partial charge in [0.25, 0.3) is 0 Å². The van der Waals surface area contributed by atoms with Crippen molar-refractivity contribution >= 4 is 5.78 Å². The van der Waals surface area contributed by atoms with Gasteiger partial charge in [-0.25, -0.2) is 0 Å². The zero-order valence-electron chi connectivity index (χ0n) is 17.0. The lowest BCUT2D eigenvalue weighted by Crippen LogP contribution is -2.20. The minimum Gasteiger partial charge on any atom is -0.508 e. The lowest BCUT2D eigenvalue weighted by atomic mass is 9.76. The molecule has 5 N–H and O–H groups in total. The average molecular weight is 419 g/mol. The van der Waals surface area contributed by atoms with Crippen molar-refractivity contribution in [1.29, 1.82) is 0 Å². The zero-order valence-corrected chi connectivity index (χ0v) is 17.0. The van der Waals surface area contributed by atoms with Gasteiger partial charge in [0.05, 0.1) is 5.56 Å². The van der Waals surface area contributed by atoms with Gasteiger partial charge in [-0.1, -0.05) is 24.3 Å². The molecule has 4 rings (SSSR count). The number of hydrogen-bond acceptors (Lipinski definition) is 6. The minimum absolute atomic E-state index is 0.0599. The number of fused-ring (bicyclic) bond motifs is 1. The number of nitrogens with two attached hydrogens (primary N) is 1. The molecule has 0 heterocycles. The minimum atomic E-state index is -0.349. The Morgan fingerprint density at radius 2 is 1.68 bits per heavy atom. The van der Waals surface area contributed by atoms with Crippen LogP contribution in [-0.4, -0.2) is 34.3 Å². The first-order valence-corrected chi connectivity index (χ1v) is 10.3. The van der Waals surface area contributed by atoms with Gasteiger partial charge >= 0.3 is 0 Å². The largest absolute Gasteiger partial charge is 0.508 e. The second-order valence-electron chi connectivity index (χ2n) is 7.83. The van der Waals surface area contributed by atoms with Crippen LogP contribution >= 0.6 is 0 Å². The number of ether oxygens (including phenoxy) is 1. The highest BCUT2D eigenvalue weighted by atomic mass is 16.5. The van der Waals surface area contributed by atoms with E-state index in [4.69, 9.17) is 10.5 Å². The SMILES string of the molecule is NCCOc1ccc(Cc2cc(O)c(O)c3c2CC(c2ccc(O)cc2)CC3=O)cc1. The molecular formula is C25H25NO5. The third-order valence-electron chi connectivity index (χ3n) is 5.71. The summed E-state index contributed by atoms with van der Waals surface area (Å²) >= 11 is 0. The molecule has 0 amide bonds. The van der Waals surface area contributed by atoms with Crippen molar-refractivity contribution in [2.75, 3.05) is 13.2 Å². The highest BCUT2D eigenvalue weighted by molar-refractivity contribution is 6.02. The smallest absolute Gasteiger partial charge is 0.168 e. The summed E-state index contributed by atoms with van der Waals surface area (Å²) < 4.78 is 5.51. The van der Waals surface area contributed by atoms with E-state index in [9.17, 15) is 20.1 Å². The third kappa shape index (κ3) is 4.34. The maximum Gasteiger partial charge on any atom is 0.168 e. The molecule has 6 nitrogen and oxygen atoms in total. The second-order valence-corrected chi connectivity index (χ2v) is 7.83. The molecule has 6 heteroatoms. The number of benzene rings is 3. The Bertz CT molecular complexity index is 1090. The summed E-state index contributed by atoms with van der Waals surface area (Å²) in [6, 6.07) is 16.0. The Labute approximate surface area is 180 Å². The average Bonchev–Trinajstić information content (AvgIpc) is 2.77. The molecule has 0 aromatic heterocycles. The summed E-state index contributed by atoms with van der Waals surface area (Å²) in [5.41, 5.74) is 9.19. The van der Waals surface area contributed by atoms with Crippen LogP contribution in [0.3, 0.4) is 0 Å². The molecule has 0 aliphatic heterocycles. The molecule has 0 saturated carbocycles. The van der Waals surface area contributed by atoms with Crippen LogP contribution in [0.25, 0.3) is 0 Å². The summed E-state index contributed by atoms with van der Waals surface area (Å²) in [5.74, 6) is 0.0159. The van der Waals surface area contributed by atoms with E-state index in [1.807, 2.05) is 36.4 Å². The molecule has 3 aromatic carbocycles. The van der Waals surface area contributed by atoms with E-state index >= 15 is 0 Å². The molecule has 3 aromatic rings. The summed E-state index contributed by atoms with van der Waals surface area (Å²) in [5, 5.41) is 30.2. The molecular weight excluding hydrogens is 394 g/mol. The van der Waals surface area contributed by atoms with Gasteiger partial charge in [-0.2, -0.15) is 0 Å². The van der Waals surface area contributed by atoms with Gasteiger partial charge in [-0.15, -0.1) is 0 Å². The molecule has 1 unspecified atom stereocenters. The van der Waals surface area contributed by atoms with Crippen LogP contribution in [-0.2, 0) is 12.8 Å². The first-order chi connectivity index (χ1) is 15.0. The standard InChI is InChI=1S/C25H25NO5/c26-9-10-31-20-7-1-15(2-8-20)11-18-14-23(29)25(30)24-21(18)12-17(13-22(24)28)16-3-5-19(27)6-4-16/h1-8,14,17,27,29-30H,9-13,26H2. The summed E-state index contributed by atoms with van der Waals surface area (Å²) in [7, 11) is 0. The Balaban J connectivity index is 1.67. The molecule has 0 spiro atoms. The molecule has 0 bridgehead atoms. The Kier molecular flexibility index (Phi) is 5.82. The molecule has 1 aliphatic rings. The molecule has 31 heavy (non-hydrogen) atoms. The van der Waals surface area contributed by atoms with Crippen LogP contribution in [0.2, 0.25) is 0 Å². The van der Waals surface area contributed by atoms with E-state index < -0.39 is 0 Å². The number of phenols is 3. The quantitative estimate of drug-likeness (QED) is 0.454. The number of carbonyl (C=O) groups excluding carboxylic acids is 1. The predicted octanol–water partition coefficient (Wildman–Crippen LogP) is 3.64. The number of phenolic OH excluding ortho intramolecular Hbond substituents is 3. The molecule has 0 fully saturated rings. The van der Waals surface area contributed by atoms with Crippen molar-refractivity contribution in [3.8, 4) is 23.0 Å². The van der Waals surface area contributed by atoms with E-state index in [1.165, 1.54) is 0 Å². The highest BCUT2D eigenvalue weighted by Gasteiger charge is 2.32. The van der Waals surface area contributed by atoms with E-state index in [1.54, 1.807) is 18.2 Å². The van der Waals surface area contributed by atoms with Gasteiger partial charge < -0.3 is 25.8 Å². The number of carbonyl (C=O) groups is 1. The van der Waals surface area contributed by atoms with Gasteiger partial charge in [-0.05, 0) is 71.3 Å². The Morgan fingerprint density at radius 1 is 0.968 bits per heavy atom. The lowest BCUT2D eigenvalue weighted by Gasteiger charge is -2.27. The number of aromatic hydroxyl groups is 3. The maximum absolute atomic E-state index is 12.9. The Hall–Kier alpha value is -3.51. The van der Waals surface area contributed by atoms with Gasteiger partial charge in [0.2, 0.25) is 0 Å². The van der Waals surface area contributed by atoms with Crippen LogP contribution in [0.15, 0.2) is 54.6 Å². The van der Waals surface area contributed by atoms with Crippen LogP contribution in [0, 0.1) is 0 Å². The number of ketones is 1. The van der Waals surface area contributed by atoms with E-state index in [-0.39, 0.29) is 40.9 Å². The fraction of sp³-hybridized carbons (Fsp3) is 0.240. The normalized spacial score (nSPS) is 15.5. The fourth-order valence-electron chi connectivity index (χ4n) is 4.17. The summed E-state index contributed by atoms with van der Waals surface area (Å²) in [6.45, 7) is 0.885. The van der Waals surface area contributed by atoms with Gasteiger partial charge in [-0.3, -0.25) is 4.79 Å². The van der Waals surface area contributed by atoms with Crippen molar-refractivity contribution in [2.45, 2.75) is 25.2 Å². The molecule has 1 atom stereocenters. The van der Waals surface area contributed by atoms with E-state index in [0.717, 1.165) is 28.0 Å². The topological polar surface area (TPSA) is 113 Å². The molecule has 1 aliphatic carbocycles. The van der Waals surface area contributed by atoms with Crippen molar-refractivity contribution < 1.29 is 24.9 Å². The molecule has 0 saturated heterocycles. The van der Waals surface area contributed by atoms with Crippen molar-refractivity contribution in [2.24, 2.45) is 5.73 Å². The fourth-order valence-corrected chi connectivity index (χ4v) is 4.17. The lowest BCUT2D eigenvalue weighted by molar-refractivity contribution is 0.0960. The number of Topliss-reactive ketones (excluding diaryl/α,β-unsaturated/α-hetero) is 1. The highest BCUT2D eigenvalue weighted by Crippen LogP contribution is 2.43. The number of hydrogen-bond donors (Lipinski definition) is 4. The molecule has 0 radical (unpaired) electrons. The van der Waals surface area contributed by atoms with Crippen LogP contribution in [0.4, 0.5) is 0 Å². The second kappa shape index (κ2) is 8.70. The van der Waals surface area contributed by atoms with Crippen LogP contribution in [0.5, 0.6) is 23.0 Å². The van der Waals surface area contributed by atoms with Crippen molar-refractivity contribution in [3.63, 3.8) is 0 Å². The number of rotatable bonds is 6. The van der Waals surface area contributed by atoms with Gasteiger partial charge in [0.15, 0.2) is 17.3 Å². The first-order valence-electron chi connectivity index (χ1n) is 10.3. The Morgan fingerprint density at radius 3 is 2.35 bits per heavy atom. The first kappa shape index (κ1) is 20.8. The third-order valence-corrected chi connectivity index (χ3v) is 5.71. The van der Waals surface area contributed by atoms with Gasteiger partial charge in [0, 0.05) is 13.0 Å². The van der Waals surface area contributed by atoms with Crippen LogP contribution in [0.1, 0.15) is 45.0 Å². The zero-order chi connectivity index (χ0) is 22.0. The van der Waals surface area contributed by atoms with E-state index in [2.05, 4.69) is 0 Å². The van der Waals surface area contributed by atoms with Crippen molar-refractivity contribution in [1.82, 2.24) is 0 Å². The van der Waals surface area contributed by atoms with Gasteiger partial charge in [0.1, 0.15) is 18.1 Å². The van der Waals surface area contributed by atoms with E-state index in [0.29, 0.717) is 26.0 Å². The summed E-state index contributed by atoms with van der Waals surface area (Å²) in [4.78, 5) is 12.9. The van der Waals surface area contributed by atoms with Crippen molar-refractivity contribution in [3.05, 3.63) is 82.4 Å².